The zero-order chi connectivity index (χ0) is 27.7. The average molecular weight is 539 g/mol. The van der Waals surface area contributed by atoms with Crippen molar-refractivity contribution in [1.29, 1.82) is 0 Å². The van der Waals surface area contributed by atoms with Crippen LogP contribution in [0.4, 0.5) is 13.2 Å². The Hall–Kier alpha value is -3.18. The molecule has 5 rings (SSSR count). The van der Waals surface area contributed by atoms with Crippen molar-refractivity contribution >= 4 is 23.7 Å². The molecule has 1 spiro atoms. The van der Waals surface area contributed by atoms with Crippen molar-refractivity contribution in [2.24, 2.45) is 16.7 Å². The molecule has 2 atom stereocenters. The van der Waals surface area contributed by atoms with Crippen LogP contribution in [-0.2, 0) is 14.4 Å². The highest BCUT2D eigenvalue weighted by Gasteiger charge is 2.65. The predicted molar refractivity (Wildman–Crippen MR) is 129 cm³/mol. The third-order valence-electron chi connectivity index (χ3n) is 8.81. The number of alkyl halides is 3. The van der Waals surface area contributed by atoms with Crippen LogP contribution in [0.25, 0.3) is 0 Å². The summed E-state index contributed by atoms with van der Waals surface area (Å²) in [4.78, 5) is 57.8. The van der Waals surface area contributed by atoms with Gasteiger partial charge in [0.1, 0.15) is 0 Å². The number of carboxylic acid groups (broad SMARTS) is 1. The molecule has 3 aliphatic heterocycles. The van der Waals surface area contributed by atoms with Crippen LogP contribution >= 0.6 is 0 Å². The van der Waals surface area contributed by atoms with Gasteiger partial charge in [0.2, 0.25) is 11.8 Å². The van der Waals surface area contributed by atoms with Crippen molar-refractivity contribution in [3.8, 4) is 0 Å². The number of fused-ring (bicyclic) bond motifs is 2. The second kappa shape index (κ2) is 10.5. The van der Waals surface area contributed by atoms with Gasteiger partial charge in [0.05, 0.1) is 11.0 Å². The Balaban J connectivity index is 0.000000426. The van der Waals surface area contributed by atoms with Gasteiger partial charge in [-0.05, 0) is 62.0 Å². The third kappa shape index (κ3) is 5.22. The van der Waals surface area contributed by atoms with Gasteiger partial charge in [-0.3, -0.25) is 19.4 Å². The van der Waals surface area contributed by atoms with Crippen LogP contribution in [0, 0.1) is 16.7 Å². The number of hydrogen-bond donors (Lipinski definition) is 1. The van der Waals surface area contributed by atoms with Gasteiger partial charge in [0, 0.05) is 58.6 Å². The molecule has 1 saturated carbocycles. The zero-order valence-corrected chi connectivity index (χ0v) is 21.4. The van der Waals surface area contributed by atoms with Crippen molar-refractivity contribution in [2.45, 2.75) is 51.6 Å². The first kappa shape index (κ1) is 27.8. The molecular weight excluding hydrogens is 505 g/mol. The highest BCUT2D eigenvalue weighted by Crippen LogP contribution is 2.62. The topological polar surface area (TPSA) is 111 Å². The molecule has 9 nitrogen and oxygen atoms in total. The van der Waals surface area contributed by atoms with E-state index in [9.17, 15) is 27.6 Å². The Morgan fingerprint density at radius 1 is 0.974 bits per heavy atom. The van der Waals surface area contributed by atoms with E-state index in [4.69, 9.17) is 9.90 Å². The summed E-state index contributed by atoms with van der Waals surface area (Å²) in [7, 11) is 0. The molecule has 208 valence electrons. The zero-order valence-electron chi connectivity index (χ0n) is 21.4. The largest absolute Gasteiger partial charge is 0.490 e. The summed E-state index contributed by atoms with van der Waals surface area (Å²) < 4.78 is 31.7. The third-order valence-corrected chi connectivity index (χ3v) is 8.81. The molecule has 1 aromatic rings. The second-order valence-corrected chi connectivity index (χ2v) is 10.8. The maximum atomic E-state index is 13.7. The van der Waals surface area contributed by atoms with E-state index in [0.717, 1.165) is 51.6 Å². The maximum Gasteiger partial charge on any atom is 0.490 e. The molecule has 1 aromatic heterocycles. The predicted octanol–water partition coefficient (Wildman–Crippen LogP) is 2.82. The van der Waals surface area contributed by atoms with Crippen LogP contribution in [0.5, 0.6) is 0 Å². The minimum atomic E-state index is -5.08. The van der Waals surface area contributed by atoms with Gasteiger partial charge < -0.3 is 19.8 Å². The molecular formula is C26H33F3N4O5. The lowest BCUT2D eigenvalue weighted by molar-refractivity contribution is -0.192. The summed E-state index contributed by atoms with van der Waals surface area (Å²) in [5.41, 5.74) is 0.253. The van der Waals surface area contributed by atoms with Crippen LogP contribution < -0.4 is 0 Å². The number of piperidine rings is 1. The Morgan fingerprint density at radius 3 is 2.13 bits per heavy atom. The van der Waals surface area contributed by atoms with E-state index in [2.05, 4.69) is 9.88 Å². The Labute approximate surface area is 219 Å². The number of carbonyl (C=O) groups excluding carboxylic acids is 3. The maximum absolute atomic E-state index is 13.7. The molecule has 4 aliphatic rings. The van der Waals surface area contributed by atoms with Crippen molar-refractivity contribution in [1.82, 2.24) is 19.7 Å². The van der Waals surface area contributed by atoms with Gasteiger partial charge in [-0.1, -0.05) is 0 Å². The summed E-state index contributed by atoms with van der Waals surface area (Å²) in [5.74, 6) is -2.16. The molecule has 0 aromatic carbocycles. The first-order valence-electron chi connectivity index (χ1n) is 12.9. The van der Waals surface area contributed by atoms with Gasteiger partial charge >= 0.3 is 12.1 Å². The highest BCUT2D eigenvalue weighted by molar-refractivity contribution is 5.94. The molecule has 1 N–H and O–H groups in total. The van der Waals surface area contributed by atoms with Gasteiger partial charge in [0.25, 0.3) is 5.91 Å². The first-order valence-corrected chi connectivity index (χ1v) is 12.9. The van der Waals surface area contributed by atoms with Crippen molar-refractivity contribution < 1.29 is 37.5 Å². The van der Waals surface area contributed by atoms with E-state index >= 15 is 0 Å². The van der Waals surface area contributed by atoms with Crippen LogP contribution in [-0.4, -0.2) is 93.9 Å². The number of likely N-dealkylation sites (tertiary alicyclic amines) is 3. The summed E-state index contributed by atoms with van der Waals surface area (Å²) >= 11 is 0. The Bertz CT molecular complexity index is 1070. The summed E-state index contributed by atoms with van der Waals surface area (Å²) in [6.45, 7) is 6.00. The second-order valence-electron chi connectivity index (χ2n) is 10.8. The number of amides is 3. The van der Waals surface area contributed by atoms with Gasteiger partial charge in [-0.25, -0.2) is 4.79 Å². The molecule has 3 amide bonds. The van der Waals surface area contributed by atoms with Gasteiger partial charge in [-0.2, -0.15) is 13.2 Å². The monoisotopic (exact) mass is 538 g/mol. The van der Waals surface area contributed by atoms with E-state index in [1.807, 2.05) is 15.9 Å². The molecule has 0 unspecified atom stereocenters. The number of aliphatic carboxylic acids is 1. The summed E-state index contributed by atoms with van der Waals surface area (Å²) in [6.07, 6.45) is 4.10. The fourth-order valence-electron chi connectivity index (χ4n) is 6.81. The molecule has 4 fully saturated rings. The number of nitrogens with zero attached hydrogens (tertiary/aromatic N) is 4. The molecule has 12 heteroatoms. The van der Waals surface area contributed by atoms with E-state index in [1.165, 1.54) is 0 Å². The minimum absolute atomic E-state index is 0.0390. The number of halogens is 3. The molecule has 3 saturated heterocycles. The number of hydrogen-bond acceptors (Lipinski definition) is 5. The fraction of sp³-hybridized carbons (Fsp3) is 0.654. The lowest BCUT2D eigenvalue weighted by atomic mass is 9.65. The summed E-state index contributed by atoms with van der Waals surface area (Å²) in [6, 6.07) is 3.61. The highest BCUT2D eigenvalue weighted by atomic mass is 19.4. The van der Waals surface area contributed by atoms with Crippen LogP contribution in [0.3, 0.4) is 0 Å². The first-order chi connectivity index (χ1) is 17.9. The van der Waals surface area contributed by atoms with Crippen molar-refractivity contribution in [2.75, 3.05) is 39.3 Å². The normalized spacial score (nSPS) is 26.1. The van der Waals surface area contributed by atoms with Crippen molar-refractivity contribution in [3.63, 3.8) is 0 Å². The SMILES string of the molecule is CC(=O)N1C[C@H]2C3(CCN(C(=O)c4cccnc4)CC3)CC[C@@]2(C(=O)N2CCCC2)C1.O=C(O)C(F)(F)F. The van der Waals surface area contributed by atoms with Crippen LogP contribution in [0.2, 0.25) is 0 Å². The van der Waals surface area contributed by atoms with E-state index < -0.39 is 17.6 Å². The van der Waals surface area contributed by atoms with Crippen LogP contribution in [0.1, 0.15) is 55.8 Å². The molecule has 38 heavy (non-hydrogen) atoms. The quantitative estimate of drug-likeness (QED) is 0.620. The molecule has 4 heterocycles. The smallest absolute Gasteiger partial charge is 0.475 e. The lowest BCUT2D eigenvalue weighted by Gasteiger charge is -2.44. The number of aromatic nitrogens is 1. The average Bonchev–Trinajstić information content (AvgIpc) is 3.62. The number of carboxylic acids is 1. The van der Waals surface area contributed by atoms with Gasteiger partial charge in [-0.15, -0.1) is 0 Å². The fourth-order valence-corrected chi connectivity index (χ4v) is 6.81. The number of carbonyl (C=O) groups is 4. The minimum Gasteiger partial charge on any atom is -0.475 e. The van der Waals surface area contributed by atoms with Gasteiger partial charge in [0.15, 0.2) is 0 Å². The Morgan fingerprint density at radius 2 is 1.61 bits per heavy atom. The number of rotatable bonds is 2. The van der Waals surface area contributed by atoms with Crippen LogP contribution in [0.15, 0.2) is 24.5 Å². The number of pyridine rings is 1. The summed E-state index contributed by atoms with van der Waals surface area (Å²) in [5, 5.41) is 7.12. The molecule has 0 radical (unpaired) electrons. The van der Waals surface area contributed by atoms with E-state index in [0.29, 0.717) is 31.7 Å². The lowest BCUT2D eigenvalue weighted by Crippen LogP contribution is -2.50. The molecule has 1 aliphatic carbocycles. The van der Waals surface area contributed by atoms with Crippen molar-refractivity contribution in [3.05, 3.63) is 30.1 Å². The standard InChI is InChI=1S/C24H32N4O3.C2HF3O2/c1-18(29)28-16-20-23(6-7-24(20,17-28)22(31)27-11-2-3-12-27)8-13-26(14-9-23)21(30)19-5-4-10-25-15-19;3-2(4,5)1(6)7/h4-5,10,15,20H,2-3,6-9,11-14,16-17H2,1H3;(H,6,7)/t20-,24+;/m0./s1. The Kier molecular flexibility index (Phi) is 7.72. The molecule has 0 bridgehead atoms. The van der Waals surface area contributed by atoms with E-state index in [1.54, 1.807) is 25.4 Å². The van der Waals surface area contributed by atoms with E-state index in [-0.39, 0.29) is 29.1 Å².